The third-order valence-corrected chi connectivity index (χ3v) is 1.42. The van der Waals surface area contributed by atoms with Gasteiger partial charge in [0.2, 0.25) is 0 Å². The fraction of sp³-hybridized carbons (Fsp3) is 0.500. The van der Waals surface area contributed by atoms with Gasteiger partial charge in [-0.15, -0.1) is 0 Å². The summed E-state index contributed by atoms with van der Waals surface area (Å²) in [5, 5.41) is 9.03. The molecule has 3 nitrogen and oxygen atoms in total. The first-order chi connectivity index (χ1) is 4.25. The highest BCUT2D eigenvalue weighted by molar-refractivity contribution is 4.79. The zero-order valence-corrected chi connectivity index (χ0v) is 6.84. The lowest BCUT2D eigenvalue weighted by molar-refractivity contribution is -0.909. The minimum Gasteiger partial charge on any atom is -1.00 e. The van der Waals surface area contributed by atoms with Gasteiger partial charge in [0, 0.05) is 0 Å². The van der Waals surface area contributed by atoms with Crippen molar-refractivity contribution in [1.29, 1.82) is 0 Å². The lowest BCUT2D eigenvalue weighted by Crippen LogP contribution is -3.00. The molecule has 0 aliphatic carbocycles. The molecule has 0 atom stereocenters. The summed E-state index contributed by atoms with van der Waals surface area (Å²) >= 11 is 0. The highest BCUT2D eigenvalue weighted by Crippen LogP contribution is 1.89. The van der Waals surface area contributed by atoms with Crippen molar-refractivity contribution >= 4 is 0 Å². The van der Waals surface area contributed by atoms with Crippen LogP contribution >= 0.6 is 0 Å². The Labute approximate surface area is 66.3 Å². The molecule has 58 valence electrons. The van der Waals surface area contributed by atoms with Gasteiger partial charge in [-0.05, 0) is 0 Å². The fourth-order valence-corrected chi connectivity index (χ4v) is 0.908. The Morgan fingerprint density at radius 3 is 2.50 bits per heavy atom. The molecule has 1 rings (SSSR count). The minimum absolute atomic E-state index is 0. The van der Waals surface area contributed by atoms with E-state index in [1.54, 1.807) is 6.20 Å². The number of rotatable bonds is 1. The average Bonchev–Trinajstić information content (AvgIpc) is 2.12. The molecule has 0 fully saturated rings. The monoisotopic (exact) mass is 162 g/mol. The molecular weight excluding hydrogens is 152 g/mol. The van der Waals surface area contributed by atoms with E-state index in [-0.39, 0.29) is 12.4 Å². The molecule has 1 heterocycles. The maximum atomic E-state index is 9.03. The molecule has 0 unspecified atom stereocenters. The lowest BCUT2D eigenvalue weighted by atomic mass is 10.5. The van der Waals surface area contributed by atoms with E-state index < -0.39 is 0 Å². The maximum Gasteiger partial charge on any atom is 0.295 e. The molecule has 0 spiro atoms. The molecule has 10 heavy (non-hydrogen) atoms. The first-order valence-corrected chi connectivity index (χ1v) is 3.00. The quantitative estimate of drug-likeness (QED) is 0.349. The standard InChI is InChI=1S/C6H11N2O.ClH/c1-3-6-7(2)4-5-8(6)9;/h4-5,9H,3H2,1-2H3;1H/q+1;/p-1. The van der Waals surface area contributed by atoms with Crippen LogP contribution in [0.25, 0.3) is 0 Å². The van der Waals surface area contributed by atoms with Gasteiger partial charge in [0.1, 0.15) is 6.20 Å². The Kier molecular flexibility index (Phi) is 3.22. The van der Waals surface area contributed by atoms with Crippen LogP contribution in [-0.2, 0) is 13.5 Å². The zero-order chi connectivity index (χ0) is 6.85. The number of hydrogen-bond donors (Lipinski definition) is 1. The molecule has 0 saturated heterocycles. The number of nitrogens with zero attached hydrogens (tertiary/aromatic N) is 2. The van der Waals surface area contributed by atoms with Crippen LogP contribution in [0.1, 0.15) is 12.7 Å². The molecule has 0 saturated carbocycles. The molecule has 0 aliphatic heterocycles. The maximum absolute atomic E-state index is 9.03. The second-order valence-electron chi connectivity index (χ2n) is 2.02. The van der Waals surface area contributed by atoms with Gasteiger partial charge in [-0.2, -0.15) is 0 Å². The van der Waals surface area contributed by atoms with E-state index in [1.807, 2.05) is 24.7 Å². The first-order valence-electron chi connectivity index (χ1n) is 3.00. The van der Waals surface area contributed by atoms with E-state index in [9.17, 15) is 0 Å². The molecule has 4 heteroatoms. The predicted molar refractivity (Wildman–Crippen MR) is 32.2 cm³/mol. The van der Waals surface area contributed by atoms with Crippen molar-refractivity contribution in [1.82, 2.24) is 4.57 Å². The van der Waals surface area contributed by atoms with Crippen LogP contribution in [0, 0.1) is 0 Å². The molecule has 0 aromatic carbocycles. The van der Waals surface area contributed by atoms with Crippen molar-refractivity contribution in [2.45, 2.75) is 13.3 Å². The third kappa shape index (κ3) is 1.42. The zero-order valence-electron chi connectivity index (χ0n) is 6.08. The van der Waals surface area contributed by atoms with Crippen molar-refractivity contribution in [2.75, 3.05) is 0 Å². The van der Waals surface area contributed by atoms with Gasteiger partial charge in [0.05, 0.1) is 13.5 Å². The number of aryl methyl sites for hydroxylation is 1. The van der Waals surface area contributed by atoms with Gasteiger partial charge in [-0.1, -0.05) is 11.7 Å². The smallest absolute Gasteiger partial charge is 0.295 e. The van der Waals surface area contributed by atoms with Crippen molar-refractivity contribution in [2.24, 2.45) is 7.05 Å². The number of hydrogen-bond acceptors (Lipinski definition) is 1. The number of imidazole rings is 1. The molecule has 0 bridgehead atoms. The highest BCUT2D eigenvalue weighted by atomic mass is 35.5. The highest BCUT2D eigenvalue weighted by Gasteiger charge is 2.08. The Bertz CT molecular complexity index is 190. The second-order valence-corrected chi connectivity index (χ2v) is 2.02. The Balaban J connectivity index is 0.000000810. The van der Waals surface area contributed by atoms with Gasteiger partial charge in [-0.3, -0.25) is 0 Å². The van der Waals surface area contributed by atoms with E-state index in [2.05, 4.69) is 0 Å². The Morgan fingerprint density at radius 1 is 1.70 bits per heavy atom. The van der Waals surface area contributed by atoms with Gasteiger partial charge < -0.3 is 17.6 Å². The van der Waals surface area contributed by atoms with E-state index in [1.165, 1.54) is 0 Å². The van der Waals surface area contributed by atoms with Crippen LogP contribution < -0.4 is 17.1 Å². The fourth-order valence-electron chi connectivity index (χ4n) is 0.908. The summed E-state index contributed by atoms with van der Waals surface area (Å²) in [6.07, 6.45) is 4.29. The third-order valence-electron chi connectivity index (χ3n) is 1.42. The van der Waals surface area contributed by atoms with Gasteiger partial charge in [-0.25, -0.2) is 4.57 Å². The summed E-state index contributed by atoms with van der Waals surface area (Å²) in [4.78, 5) is 0. The van der Waals surface area contributed by atoms with Crippen LogP contribution in [0.2, 0.25) is 0 Å². The van der Waals surface area contributed by atoms with Crippen molar-refractivity contribution in [3.63, 3.8) is 0 Å². The second kappa shape index (κ2) is 3.46. The van der Waals surface area contributed by atoms with E-state index in [4.69, 9.17) is 5.21 Å². The summed E-state index contributed by atoms with van der Waals surface area (Å²) in [6, 6.07) is 0. The molecule has 1 N–H and O–H groups in total. The minimum atomic E-state index is 0. The van der Waals surface area contributed by atoms with Crippen LogP contribution in [0.3, 0.4) is 0 Å². The Morgan fingerprint density at radius 2 is 2.30 bits per heavy atom. The average molecular weight is 163 g/mol. The summed E-state index contributed by atoms with van der Waals surface area (Å²) in [6.45, 7) is 2.00. The predicted octanol–water partition coefficient (Wildman–Crippen LogP) is -2.88. The normalized spacial score (nSPS) is 9.00. The molecule has 1 aromatic rings. The van der Waals surface area contributed by atoms with Crippen LogP contribution in [0.15, 0.2) is 12.4 Å². The molecule has 0 radical (unpaired) electrons. The van der Waals surface area contributed by atoms with Crippen molar-refractivity contribution in [3.05, 3.63) is 18.2 Å². The summed E-state index contributed by atoms with van der Waals surface area (Å²) in [7, 11) is 1.91. The van der Waals surface area contributed by atoms with Crippen LogP contribution in [-0.4, -0.2) is 9.77 Å². The number of halogens is 1. The topological polar surface area (TPSA) is 29.0 Å². The van der Waals surface area contributed by atoms with E-state index in [0.29, 0.717) is 0 Å². The lowest BCUT2D eigenvalue weighted by Gasteiger charge is -1.88. The summed E-state index contributed by atoms with van der Waals surface area (Å²) < 4.78 is 3.03. The van der Waals surface area contributed by atoms with Gasteiger partial charge in [0.15, 0.2) is 6.20 Å². The van der Waals surface area contributed by atoms with Crippen molar-refractivity contribution < 1.29 is 22.3 Å². The van der Waals surface area contributed by atoms with Gasteiger partial charge in [0.25, 0.3) is 5.82 Å². The van der Waals surface area contributed by atoms with Crippen molar-refractivity contribution in [3.8, 4) is 0 Å². The van der Waals surface area contributed by atoms with E-state index >= 15 is 0 Å². The van der Waals surface area contributed by atoms with E-state index in [0.717, 1.165) is 17.0 Å². The first kappa shape index (κ1) is 9.30. The summed E-state index contributed by atoms with van der Waals surface area (Å²) in [5.74, 6) is 0.912. The van der Waals surface area contributed by atoms with Crippen LogP contribution in [0.5, 0.6) is 0 Å². The summed E-state index contributed by atoms with van der Waals surface area (Å²) in [5.41, 5.74) is 0. The number of aromatic nitrogens is 2. The molecule has 1 aromatic heterocycles. The van der Waals surface area contributed by atoms with Crippen LogP contribution in [0.4, 0.5) is 0 Å². The SMILES string of the molecule is CCc1n(C)cc[n+]1O.[Cl-]. The van der Waals surface area contributed by atoms with Gasteiger partial charge >= 0.3 is 0 Å². The largest absolute Gasteiger partial charge is 1.00 e. The molecule has 0 amide bonds. The molecular formula is C6H11ClN2O. The molecule has 0 aliphatic rings. The Hall–Kier alpha value is -0.700.